The summed E-state index contributed by atoms with van der Waals surface area (Å²) in [4.78, 5) is 16.2. The molecule has 45 heavy (non-hydrogen) atoms. The molecule has 4 heterocycles. The minimum Gasteiger partial charge on any atom is -0.390 e. The lowest BCUT2D eigenvalue weighted by Gasteiger charge is -2.33. The van der Waals surface area contributed by atoms with E-state index in [4.69, 9.17) is 5.14 Å². The summed E-state index contributed by atoms with van der Waals surface area (Å²) < 4.78 is 26.2. The van der Waals surface area contributed by atoms with Crippen LogP contribution in [0.3, 0.4) is 0 Å². The zero-order chi connectivity index (χ0) is 31.4. The SMILES string of the molecule is N#Cc1cccn1CCC(C(=O)N1CCCc2ccccc21)n1ccc2ccccc21.NS(=O)(=O)C1=CC=C2CCNC=C2C1. The Bertz CT molecular complexity index is 1970. The number of anilines is 1. The average Bonchev–Trinajstić information content (AvgIpc) is 3.71. The first-order valence-corrected chi connectivity index (χ1v) is 16.7. The van der Waals surface area contributed by atoms with Crippen molar-refractivity contribution in [3.05, 3.63) is 125 Å². The summed E-state index contributed by atoms with van der Waals surface area (Å²) in [7, 11) is -3.53. The molecule has 2 aromatic carbocycles. The third-order valence-corrected chi connectivity index (χ3v) is 9.65. The number of fused-ring (bicyclic) bond motifs is 3. The highest BCUT2D eigenvalue weighted by Gasteiger charge is 2.30. The molecule has 0 radical (unpaired) electrons. The molecular formula is C35H36N6O3S. The Morgan fingerprint density at radius 3 is 2.64 bits per heavy atom. The molecule has 2 aromatic heterocycles. The molecule has 1 atom stereocenters. The van der Waals surface area contributed by atoms with Gasteiger partial charge in [0.05, 0.1) is 4.91 Å². The zero-order valence-corrected chi connectivity index (χ0v) is 25.8. The number of nitrogens with two attached hydrogens (primary N) is 1. The highest BCUT2D eigenvalue weighted by atomic mass is 32.2. The summed E-state index contributed by atoms with van der Waals surface area (Å²) in [5.41, 5.74) is 6.17. The van der Waals surface area contributed by atoms with E-state index in [-0.39, 0.29) is 16.9 Å². The van der Waals surface area contributed by atoms with E-state index in [0.29, 0.717) is 25.1 Å². The van der Waals surface area contributed by atoms with Crippen molar-refractivity contribution in [3.8, 4) is 6.07 Å². The molecule has 4 aromatic rings. The minimum absolute atomic E-state index is 0.110. The molecular weight excluding hydrogens is 584 g/mol. The van der Waals surface area contributed by atoms with Gasteiger partial charge in [0.1, 0.15) is 17.8 Å². The van der Waals surface area contributed by atoms with Gasteiger partial charge in [-0.2, -0.15) is 5.26 Å². The van der Waals surface area contributed by atoms with Crippen molar-refractivity contribution in [2.24, 2.45) is 5.14 Å². The highest BCUT2D eigenvalue weighted by molar-refractivity contribution is 7.93. The number of primary sulfonamides is 1. The number of carbonyl (C=O) groups excluding carboxylic acids is 1. The average molecular weight is 621 g/mol. The van der Waals surface area contributed by atoms with Crippen LogP contribution in [0.15, 0.2) is 114 Å². The van der Waals surface area contributed by atoms with E-state index in [1.165, 1.54) is 11.1 Å². The maximum absolute atomic E-state index is 13.9. The number of aryl methyl sites for hydroxylation is 2. The lowest BCUT2D eigenvalue weighted by atomic mass is 9.94. The largest absolute Gasteiger partial charge is 0.390 e. The molecule has 2 aliphatic heterocycles. The molecule has 230 valence electrons. The van der Waals surface area contributed by atoms with Gasteiger partial charge in [0.2, 0.25) is 15.9 Å². The molecule has 7 rings (SSSR count). The molecule has 10 heteroatoms. The summed E-state index contributed by atoms with van der Waals surface area (Å²) in [6.45, 7) is 2.25. The number of nitriles is 1. The molecule has 0 fully saturated rings. The maximum Gasteiger partial charge on any atom is 0.250 e. The summed E-state index contributed by atoms with van der Waals surface area (Å²) in [6.07, 6.45) is 13.2. The lowest BCUT2D eigenvalue weighted by Crippen LogP contribution is -2.40. The number of carbonyl (C=O) groups is 1. The van der Waals surface area contributed by atoms with Gasteiger partial charge in [-0.25, -0.2) is 13.6 Å². The Balaban J connectivity index is 0.000000213. The third-order valence-electron chi connectivity index (χ3n) is 8.64. The van der Waals surface area contributed by atoms with Gasteiger partial charge in [-0.05, 0) is 84.2 Å². The van der Waals surface area contributed by atoms with E-state index in [2.05, 4.69) is 46.3 Å². The van der Waals surface area contributed by atoms with Crippen molar-refractivity contribution < 1.29 is 13.2 Å². The van der Waals surface area contributed by atoms with Gasteiger partial charge >= 0.3 is 0 Å². The highest BCUT2D eigenvalue weighted by Crippen LogP contribution is 2.32. The number of hydrogen-bond acceptors (Lipinski definition) is 5. The van der Waals surface area contributed by atoms with E-state index in [1.807, 2.05) is 70.5 Å². The topological polar surface area (TPSA) is 126 Å². The maximum atomic E-state index is 13.9. The Kier molecular flexibility index (Phi) is 8.74. The summed E-state index contributed by atoms with van der Waals surface area (Å²) >= 11 is 0. The number of para-hydroxylation sites is 2. The van der Waals surface area contributed by atoms with Crippen molar-refractivity contribution >= 4 is 32.5 Å². The number of amides is 1. The number of sulfonamides is 1. The molecule has 9 nitrogen and oxygen atoms in total. The fourth-order valence-corrected chi connectivity index (χ4v) is 6.93. The quantitative estimate of drug-likeness (QED) is 0.303. The molecule has 0 saturated carbocycles. The van der Waals surface area contributed by atoms with Crippen molar-refractivity contribution in [1.29, 1.82) is 5.26 Å². The predicted octanol–water partition coefficient (Wildman–Crippen LogP) is 5.29. The number of aromatic nitrogens is 2. The van der Waals surface area contributed by atoms with E-state index in [9.17, 15) is 18.5 Å². The van der Waals surface area contributed by atoms with Crippen molar-refractivity contribution in [3.63, 3.8) is 0 Å². The van der Waals surface area contributed by atoms with Crippen molar-refractivity contribution in [2.75, 3.05) is 18.0 Å². The normalized spacial score (nSPS) is 16.4. The fourth-order valence-electron chi connectivity index (χ4n) is 6.32. The molecule has 1 amide bonds. The molecule has 3 N–H and O–H groups in total. The zero-order valence-electron chi connectivity index (χ0n) is 25.0. The van der Waals surface area contributed by atoms with Gasteiger partial charge in [-0.3, -0.25) is 4.79 Å². The van der Waals surface area contributed by atoms with Gasteiger partial charge in [0, 0.05) is 55.9 Å². The first-order chi connectivity index (χ1) is 21.8. The standard InChI is InChI=1S/C26H24N4O.C9H12N2O2S/c27-19-22-10-6-15-28(22)17-14-25(29-18-13-21-8-2-3-11-23(21)29)26(31)30-16-5-9-20-7-1-4-12-24(20)30;10-14(12,13)9-2-1-7-3-4-11-6-8(7)5-9/h1-4,6-8,10-13,15,18,25H,5,9,14,16-17H2;1-2,6,11H,3-5H2,(H2,10,12,13). The van der Waals surface area contributed by atoms with Crippen LogP contribution in [0.25, 0.3) is 10.9 Å². The summed E-state index contributed by atoms with van der Waals surface area (Å²) in [5.74, 6) is 0.110. The Labute approximate surface area is 263 Å². The van der Waals surface area contributed by atoms with E-state index in [1.54, 1.807) is 6.08 Å². The monoisotopic (exact) mass is 620 g/mol. The molecule has 0 saturated heterocycles. The van der Waals surface area contributed by atoms with Crippen LogP contribution >= 0.6 is 0 Å². The molecule has 0 spiro atoms. The number of allylic oxidation sites excluding steroid dienone is 4. The number of nitrogens with one attached hydrogen (secondary N) is 1. The predicted molar refractivity (Wildman–Crippen MR) is 176 cm³/mol. The summed E-state index contributed by atoms with van der Waals surface area (Å²) in [6, 6.07) is 24.0. The van der Waals surface area contributed by atoms with Crippen LogP contribution in [0.4, 0.5) is 5.69 Å². The molecule has 3 aliphatic rings. The van der Waals surface area contributed by atoms with Gasteiger partial charge in [0.25, 0.3) is 0 Å². The number of rotatable bonds is 6. The number of hydrogen-bond donors (Lipinski definition) is 2. The van der Waals surface area contributed by atoms with Crippen LogP contribution in [-0.4, -0.2) is 36.5 Å². The molecule has 1 aliphatic carbocycles. The second-order valence-corrected chi connectivity index (χ2v) is 13.0. The second-order valence-electron chi connectivity index (χ2n) is 11.4. The summed E-state index contributed by atoms with van der Waals surface area (Å²) in [5, 5.41) is 18.6. The van der Waals surface area contributed by atoms with Gasteiger partial charge < -0.3 is 19.4 Å². The van der Waals surface area contributed by atoms with Crippen LogP contribution in [0.2, 0.25) is 0 Å². The van der Waals surface area contributed by atoms with Gasteiger partial charge in [0.15, 0.2) is 0 Å². The third kappa shape index (κ3) is 6.50. The number of benzene rings is 2. The smallest absolute Gasteiger partial charge is 0.250 e. The van der Waals surface area contributed by atoms with Crippen molar-refractivity contribution in [2.45, 2.75) is 44.7 Å². The molecule has 1 unspecified atom stereocenters. The van der Waals surface area contributed by atoms with E-state index < -0.39 is 10.0 Å². The first kappa shape index (κ1) is 30.2. The van der Waals surface area contributed by atoms with Gasteiger partial charge in [-0.15, -0.1) is 0 Å². The van der Waals surface area contributed by atoms with Crippen LogP contribution in [0.1, 0.15) is 43.0 Å². The Morgan fingerprint density at radius 1 is 0.978 bits per heavy atom. The van der Waals surface area contributed by atoms with Crippen LogP contribution < -0.4 is 15.4 Å². The van der Waals surface area contributed by atoms with E-state index in [0.717, 1.165) is 54.5 Å². The first-order valence-electron chi connectivity index (χ1n) is 15.2. The lowest BCUT2D eigenvalue weighted by molar-refractivity contribution is -0.122. The van der Waals surface area contributed by atoms with E-state index >= 15 is 0 Å². The van der Waals surface area contributed by atoms with Gasteiger partial charge in [-0.1, -0.05) is 42.5 Å². The van der Waals surface area contributed by atoms with Crippen LogP contribution in [0, 0.1) is 11.3 Å². The number of nitrogens with zero attached hydrogens (tertiary/aromatic N) is 4. The van der Waals surface area contributed by atoms with Crippen LogP contribution in [0.5, 0.6) is 0 Å². The Hall–Kier alpha value is -4.85. The second kappa shape index (κ2) is 13.0. The molecule has 0 bridgehead atoms. The fraction of sp³-hybridized carbons (Fsp3) is 0.257. The minimum atomic E-state index is -3.53. The Morgan fingerprint density at radius 2 is 1.80 bits per heavy atom. The van der Waals surface area contributed by atoms with Crippen LogP contribution in [-0.2, 0) is 27.8 Å². The van der Waals surface area contributed by atoms with Crippen molar-refractivity contribution in [1.82, 2.24) is 14.5 Å².